The summed E-state index contributed by atoms with van der Waals surface area (Å²) < 4.78 is 22.0. The minimum atomic E-state index is -0.628. The molecule has 2 heterocycles. The van der Waals surface area contributed by atoms with Gasteiger partial charge in [0.1, 0.15) is 18.5 Å². The van der Waals surface area contributed by atoms with Gasteiger partial charge in [0.05, 0.1) is 6.10 Å². The zero-order valence-corrected chi connectivity index (χ0v) is 9.14. The average Bonchev–Trinajstić information content (AvgIpc) is 2.61. The van der Waals surface area contributed by atoms with E-state index in [1.165, 1.54) is 0 Å². The highest BCUT2D eigenvalue weighted by atomic mass is 16.8. The summed E-state index contributed by atoms with van der Waals surface area (Å²) in [7, 11) is 1.56. The van der Waals surface area contributed by atoms with Gasteiger partial charge in [-0.15, -0.1) is 0 Å². The molecule has 15 heavy (non-hydrogen) atoms. The molecule has 1 unspecified atom stereocenters. The monoisotopic (exact) mass is 216 g/mol. The van der Waals surface area contributed by atoms with E-state index in [9.17, 15) is 4.79 Å². The molecule has 0 aromatic rings. The predicted octanol–water partition coefficient (Wildman–Crippen LogP) is 0.467. The third kappa shape index (κ3) is 1.92. The van der Waals surface area contributed by atoms with E-state index in [0.717, 1.165) is 6.29 Å². The van der Waals surface area contributed by atoms with Gasteiger partial charge in [-0.2, -0.15) is 0 Å². The first-order chi connectivity index (χ1) is 7.07. The van der Waals surface area contributed by atoms with Crippen LogP contribution >= 0.6 is 0 Å². The smallest absolute Gasteiger partial charge is 0.186 e. The summed E-state index contributed by atoms with van der Waals surface area (Å²) >= 11 is 0. The summed E-state index contributed by atoms with van der Waals surface area (Å²) in [4.78, 5) is 10.5. The SMILES string of the molecule is COC1O[C@H](CC=O)[C@H]2OC(C)(C)O[C@@H]12. The second-order valence-electron chi connectivity index (χ2n) is 4.25. The van der Waals surface area contributed by atoms with E-state index in [4.69, 9.17) is 18.9 Å². The van der Waals surface area contributed by atoms with E-state index in [2.05, 4.69) is 0 Å². The molecule has 0 bridgehead atoms. The van der Waals surface area contributed by atoms with Crippen LogP contribution in [-0.4, -0.2) is 43.8 Å². The van der Waals surface area contributed by atoms with E-state index in [0.29, 0.717) is 6.42 Å². The first-order valence-corrected chi connectivity index (χ1v) is 5.05. The molecule has 5 heteroatoms. The second kappa shape index (κ2) is 3.83. The number of carbonyl (C=O) groups excluding carboxylic acids is 1. The molecule has 0 spiro atoms. The fraction of sp³-hybridized carbons (Fsp3) is 0.900. The molecule has 2 aliphatic heterocycles. The number of ether oxygens (including phenoxy) is 4. The zero-order valence-electron chi connectivity index (χ0n) is 9.14. The summed E-state index contributed by atoms with van der Waals surface area (Å²) in [6.07, 6.45) is -0.0272. The summed E-state index contributed by atoms with van der Waals surface area (Å²) in [6.45, 7) is 3.69. The van der Waals surface area contributed by atoms with Crippen LogP contribution < -0.4 is 0 Å². The number of aldehydes is 1. The van der Waals surface area contributed by atoms with Crippen molar-refractivity contribution in [2.24, 2.45) is 0 Å². The number of fused-ring (bicyclic) bond motifs is 1. The van der Waals surface area contributed by atoms with Crippen molar-refractivity contribution in [1.29, 1.82) is 0 Å². The molecule has 0 aliphatic carbocycles. The Morgan fingerprint density at radius 3 is 2.60 bits per heavy atom. The molecule has 0 radical (unpaired) electrons. The number of methoxy groups -OCH3 is 1. The van der Waals surface area contributed by atoms with E-state index in [1.54, 1.807) is 7.11 Å². The zero-order chi connectivity index (χ0) is 11.1. The predicted molar refractivity (Wildman–Crippen MR) is 50.2 cm³/mol. The van der Waals surface area contributed by atoms with Crippen molar-refractivity contribution < 1.29 is 23.7 Å². The van der Waals surface area contributed by atoms with E-state index < -0.39 is 12.1 Å². The van der Waals surface area contributed by atoms with Gasteiger partial charge in [-0.25, -0.2) is 0 Å². The Morgan fingerprint density at radius 2 is 2.00 bits per heavy atom. The molecule has 2 saturated heterocycles. The number of hydrogen-bond acceptors (Lipinski definition) is 5. The largest absolute Gasteiger partial charge is 0.353 e. The number of carbonyl (C=O) groups is 1. The maximum atomic E-state index is 10.5. The molecule has 0 saturated carbocycles. The van der Waals surface area contributed by atoms with Crippen molar-refractivity contribution in [3.63, 3.8) is 0 Å². The maximum Gasteiger partial charge on any atom is 0.186 e. The molecule has 2 aliphatic rings. The number of rotatable bonds is 3. The van der Waals surface area contributed by atoms with Crippen molar-refractivity contribution in [3.05, 3.63) is 0 Å². The van der Waals surface area contributed by atoms with Crippen LogP contribution in [0.3, 0.4) is 0 Å². The first-order valence-electron chi connectivity index (χ1n) is 5.05. The van der Waals surface area contributed by atoms with Crippen LogP contribution in [0, 0.1) is 0 Å². The van der Waals surface area contributed by atoms with Crippen LogP contribution in [0.25, 0.3) is 0 Å². The van der Waals surface area contributed by atoms with Crippen LogP contribution in [0.2, 0.25) is 0 Å². The molecule has 2 fully saturated rings. The number of hydrogen-bond donors (Lipinski definition) is 0. The van der Waals surface area contributed by atoms with E-state index >= 15 is 0 Å². The van der Waals surface area contributed by atoms with Gasteiger partial charge in [-0.3, -0.25) is 0 Å². The fourth-order valence-corrected chi connectivity index (χ4v) is 2.12. The molecule has 0 N–H and O–H groups in total. The van der Waals surface area contributed by atoms with Gasteiger partial charge in [0, 0.05) is 13.5 Å². The molecule has 0 aromatic carbocycles. The molecular formula is C10H16O5. The van der Waals surface area contributed by atoms with Gasteiger partial charge in [0.15, 0.2) is 12.1 Å². The van der Waals surface area contributed by atoms with Gasteiger partial charge in [-0.05, 0) is 13.8 Å². The van der Waals surface area contributed by atoms with Crippen molar-refractivity contribution in [2.45, 2.75) is 50.7 Å². The van der Waals surface area contributed by atoms with Crippen molar-refractivity contribution >= 4 is 6.29 Å². The van der Waals surface area contributed by atoms with Gasteiger partial charge in [-0.1, -0.05) is 0 Å². The van der Waals surface area contributed by atoms with E-state index in [-0.39, 0.29) is 18.3 Å². The molecule has 2 rings (SSSR count). The lowest BCUT2D eigenvalue weighted by molar-refractivity contribution is -0.226. The molecule has 0 amide bonds. The Bertz CT molecular complexity index is 252. The van der Waals surface area contributed by atoms with Gasteiger partial charge < -0.3 is 23.7 Å². The Labute approximate surface area is 88.6 Å². The van der Waals surface area contributed by atoms with Crippen LogP contribution in [0.5, 0.6) is 0 Å². The van der Waals surface area contributed by atoms with Crippen LogP contribution in [0.15, 0.2) is 0 Å². The normalized spacial score (nSPS) is 42.9. The van der Waals surface area contributed by atoms with Crippen molar-refractivity contribution in [2.75, 3.05) is 7.11 Å². The third-order valence-corrected chi connectivity index (χ3v) is 2.67. The topological polar surface area (TPSA) is 54.0 Å². The average molecular weight is 216 g/mol. The van der Waals surface area contributed by atoms with Crippen LogP contribution in [0.1, 0.15) is 20.3 Å². The third-order valence-electron chi connectivity index (χ3n) is 2.67. The quantitative estimate of drug-likeness (QED) is 0.642. The summed E-state index contributed by atoms with van der Waals surface area (Å²) in [5, 5.41) is 0. The minimum Gasteiger partial charge on any atom is -0.353 e. The van der Waals surface area contributed by atoms with Gasteiger partial charge >= 0.3 is 0 Å². The highest BCUT2D eigenvalue weighted by Crippen LogP contribution is 2.39. The standard InChI is InChI=1S/C10H16O5/c1-10(2)14-7-6(4-5-11)13-9(12-3)8(7)15-10/h5-9H,4H2,1-3H3/t6-,7-,8-,9?/m1/s1. The summed E-state index contributed by atoms with van der Waals surface area (Å²) in [5.41, 5.74) is 0. The van der Waals surface area contributed by atoms with Crippen molar-refractivity contribution in [3.8, 4) is 0 Å². The Kier molecular flexibility index (Phi) is 2.81. The molecule has 4 atom stereocenters. The Morgan fingerprint density at radius 1 is 1.33 bits per heavy atom. The maximum absolute atomic E-state index is 10.5. The summed E-state index contributed by atoms with van der Waals surface area (Å²) in [6, 6.07) is 0. The van der Waals surface area contributed by atoms with Gasteiger partial charge in [0.2, 0.25) is 0 Å². The molecule has 0 aromatic heterocycles. The summed E-state index contributed by atoms with van der Waals surface area (Å²) in [5.74, 6) is -0.628. The highest BCUT2D eigenvalue weighted by molar-refractivity contribution is 5.50. The molecule has 5 nitrogen and oxygen atoms in total. The first kappa shape index (κ1) is 11.0. The Balaban J connectivity index is 2.11. The molecule has 86 valence electrons. The van der Waals surface area contributed by atoms with Crippen molar-refractivity contribution in [1.82, 2.24) is 0 Å². The second-order valence-corrected chi connectivity index (χ2v) is 4.25. The highest BCUT2D eigenvalue weighted by Gasteiger charge is 2.55. The minimum absolute atomic E-state index is 0.213. The van der Waals surface area contributed by atoms with Gasteiger partial charge in [0.25, 0.3) is 0 Å². The lowest BCUT2D eigenvalue weighted by atomic mass is 10.1. The lowest BCUT2D eigenvalue weighted by Gasteiger charge is -2.22. The van der Waals surface area contributed by atoms with Crippen LogP contribution in [-0.2, 0) is 23.7 Å². The fourth-order valence-electron chi connectivity index (χ4n) is 2.12. The Hall–Kier alpha value is -0.490. The lowest BCUT2D eigenvalue weighted by Crippen LogP contribution is -2.30. The van der Waals surface area contributed by atoms with E-state index in [1.807, 2.05) is 13.8 Å². The van der Waals surface area contributed by atoms with Crippen LogP contribution in [0.4, 0.5) is 0 Å². The molecular weight excluding hydrogens is 200 g/mol.